The van der Waals surface area contributed by atoms with Crippen LogP contribution in [0.15, 0.2) is 60.7 Å². The van der Waals surface area contributed by atoms with Crippen LogP contribution in [0.3, 0.4) is 0 Å². The summed E-state index contributed by atoms with van der Waals surface area (Å²) in [6.45, 7) is 9.07. The molecule has 0 fully saturated rings. The van der Waals surface area contributed by atoms with Gasteiger partial charge in [0.25, 0.3) is 0 Å². The molecule has 0 saturated carbocycles. The van der Waals surface area contributed by atoms with E-state index in [9.17, 15) is 0 Å². The molecule has 2 aromatic rings. The first-order valence-electron chi connectivity index (χ1n) is 6.57. The van der Waals surface area contributed by atoms with Crippen molar-refractivity contribution in [2.75, 3.05) is 26.7 Å². The fourth-order valence-electron chi connectivity index (χ4n) is 1.45. The Kier molecular flexibility index (Phi) is 57.8. The van der Waals surface area contributed by atoms with E-state index in [2.05, 4.69) is 96.5 Å². The zero-order chi connectivity index (χ0) is 18.1. The molecule has 0 aliphatic heterocycles. The van der Waals surface area contributed by atoms with Gasteiger partial charge in [-0.3, -0.25) is 9.62 Å². The fourth-order valence-corrected chi connectivity index (χ4v) is 2.99. The Morgan fingerprint density at radius 3 is 0.964 bits per heavy atom. The minimum Gasteiger partial charge on any atom is -0.373 e. The number of hydrogen-bond donors (Lipinski definition) is 0. The summed E-state index contributed by atoms with van der Waals surface area (Å²) in [6, 6.07) is 21.2. The molecular formula is C19H35Au2ClFN3P2. The summed E-state index contributed by atoms with van der Waals surface area (Å²) in [6.07, 6.45) is 0. The van der Waals surface area contributed by atoms with Gasteiger partial charge in [-0.15, -0.1) is 0 Å². The van der Waals surface area contributed by atoms with Gasteiger partial charge < -0.3 is 11.1 Å². The summed E-state index contributed by atoms with van der Waals surface area (Å²) >= 11 is 1.75. The summed E-state index contributed by atoms with van der Waals surface area (Å²) in [7, 11) is 4.79. The normalized spacial score (nSPS) is 7.04. The molecule has 172 valence electrons. The Hall–Kier alpha value is 0.311. The molecule has 0 aromatic heterocycles. The van der Waals surface area contributed by atoms with Crippen molar-refractivity contribution in [1.29, 1.82) is 0 Å². The first-order valence-corrected chi connectivity index (χ1v) is 13.7. The molecule has 0 saturated heterocycles. The van der Waals surface area contributed by atoms with Crippen LogP contribution in [0, 0.1) is 0 Å². The predicted octanol–water partition coefficient (Wildman–Crippen LogP) is 7.72. The molecule has 0 bridgehead atoms. The average molecular weight is 816 g/mol. The fraction of sp³-hybridized carbons (Fsp3) is 0.368. The summed E-state index contributed by atoms with van der Waals surface area (Å²) < 4.78 is 0. The van der Waals surface area contributed by atoms with Crippen LogP contribution in [0.2, 0.25) is 0 Å². The zero-order valence-corrected chi connectivity index (χ0v) is 21.3. The molecule has 0 aliphatic rings. The first-order chi connectivity index (χ1) is 11.0. The van der Waals surface area contributed by atoms with E-state index in [4.69, 9.17) is 11.1 Å². The van der Waals surface area contributed by atoms with E-state index < -0.39 is 0 Å². The maximum absolute atomic E-state index is 6.75. The van der Waals surface area contributed by atoms with Crippen LogP contribution >= 0.6 is 25.0 Å². The molecule has 0 radical (unpaired) electrons. The van der Waals surface area contributed by atoms with E-state index in [0.717, 1.165) is 0 Å². The van der Waals surface area contributed by atoms with Gasteiger partial charge in [-0.25, -0.2) is 0 Å². The van der Waals surface area contributed by atoms with Crippen molar-refractivity contribution in [3.05, 3.63) is 76.6 Å². The second-order valence-electron chi connectivity index (χ2n) is 4.55. The Balaban J connectivity index is -0.0000000448. The molecule has 0 amide bonds. The van der Waals surface area contributed by atoms with Gasteiger partial charge in [-0.1, -0.05) is 98.8 Å². The van der Waals surface area contributed by atoms with Crippen molar-refractivity contribution in [3.8, 4) is 0 Å². The number of hydrogen-bond acceptors (Lipinski definition) is 0. The minimum absolute atomic E-state index is 0. The number of halogens is 2. The summed E-state index contributed by atoms with van der Waals surface area (Å²) in [4.78, 5) is 1.50. The number of benzene rings is 2. The van der Waals surface area contributed by atoms with Crippen LogP contribution in [0.25, 0.3) is 16.0 Å². The van der Waals surface area contributed by atoms with Gasteiger partial charge in [0.1, 0.15) is 0 Å². The van der Waals surface area contributed by atoms with Gasteiger partial charge in [-0.2, -0.15) is 0 Å². The van der Waals surface area contributed by atoms with Gasteiger partial charge in [0.2, 0.25) is 0 Å². The predicted molar refractivity (Wildman–Crippen MR) is 128 cm³/mol. The smallest absolute Gasteiger partial charge is 0.255 e. The second kappa shape index (κ2) is 34.8. The topological polar surface area (TPSA) is 58.7 Å². The standard InChI is InChI=1S/2C8H11P.3CH4.2Au.ClH.FH.N3/c2*1-9(2)8-6-4-3-5-7-8;;;;;;;;1-3-2/h2*3-7H,1-2H3;3*1H4;;;2*1H;/q;;;;;2*+1;;;-1/p-1. The van der Waals surface area contributed by atoms with E-state index in [1.807, 2.05) is 0 Å². The molecular weight excluding hydrogens is 781 g/mol. The van der Waals surface area contributed by atoms with Gasteiger partial charge >= 0.3 is 51.6 Å². The van der Waals surface area contributed by atoms with Crippen molar-refractivity contribution < 1.29 is 47.1 Å². The summed E-state index contributed by atoms with van der Waals surface area (Å²) in [5, 5.41) is 2.96. The van der Waals surface area contributed by atoms with E-state index >= 15 is 0 Å². The molecule has 2 rings (SSSR count). The average Bonchev–Trinajstić information content (AvgIpc) is 2.59. The molecule has 2 aromatic carbocycles. The first kappa shape index (κ1) is 46.5. The van der Waals surface area contributed by atoms with Gasteiger partial charge in [-0.05, 0) is 37.3 Å². The Bertz CT molecular complexity index is 488. The molecule has 3 nitrogen and oxygen atoms in total. The van der Waals surface area contributed by atoms with Crippen molar-refractivity contribution in [1.82, 2.24) is 0 Å². The van der Waals surface area contributed by atoms with Crippen LogP contribution in [0.4, 0.5) is 4.70 Å². The molecule has 0 spiro atoms. The largest absolute Gasteiger partial charge is 0.373 e. The third-order valence-electron chi connectivity index (χ3n) is 2.55. The summed E-state index contributed by atoms with van der Waals surface area (Å²) in [5.41, 5.74) is 13.5. The van der Waals surface area contributed by atoms with Crippen LogP contribution < -0.4 is 10.6 Å². The maximum atomic E-state index is 6.75. The van der Waals surface area contributed by atoms with Crippen molar-refractivity contribution in [3.63, 3.8) is 0 Å². The number of nitrogens with zero attached hydrogens (tertiary/aromatic N) is 3. The second-order valence-corrected chi connectivity index (χ2v) is 9.16. The quantitative estimate of drug-likeness (QED) is 0.0982. The minimum atomic E-state index is 0. The SMILES string of the molecule is C.C.C.CP(C)c1ccccc1.CP(C)c1ccccc1.F.[Au+].[Cl][Au].[N-]=[N+]=[N-]. The van der Waals surface area contributed by atoms with Crippen molar-refractivity contribution in [2.45, 2.75) is 22.3 Å². The van der Waals surface area contributed by atoms with E-state index in [-0.39, 0.29) is 65.2 Å². The molecule has 9 heteroatoms. The monoisotopic (exact) mass is 815 g/mol. The van der Waals surface area contributed by atoms with Gasteiger partial charge in [0.15, 0.2) is 0 Å². The van der Waals surface area contributed by atoms with Crippen LogP contribution in [-0.4, -0.2) is 26.7 Å². The molecule has 0 N–H and O–H groups in total. The van der Waals surface area contributed by atoms with E-state index in [0.29, 0.717) is 0 Å². The van der Waals surface area contributed by atoms with E-state index in [1.54, 1.807) is 20.0 Å². The Labute approximate surface area is 207 Å². The van der Waals surface area contributed by atoms with Crippen molar-refractivity contribution in [2.24, 2.45) is 0 Å². The number of rotatable bonds is 2. The van der Waals surface area contributed by atoms with Gasteiger partial charge in [0, 0.05) is 0 Å². The maximum Gasteiger partial charge on any atom is -0.255 e. The van der Waals surface area contributed by atoms with Crippen LogP contribution in [0.1, 0.15) is 22.3 Å². The Morgan fingerprint density at radius 2 is 0.857 bits per heavy atom. The molecule has 28 heavy (non-hydrogen) atoms. The Morgan fingerprint density at radius 1 is 0.679 bits per heavy atom. The third kappa shape index (κ3) is 28.5. The van der Waals surface area contributed by atoms with Crippen LogP contribution in [-0.2, 0) is 42.4 Å². The van der Waals surface area contributed by atoms with Crippen molar-refractivity contribution >= 4 is 35.6 Å². The molecule has 0 unspecified atom stereocenters. The molecule has 0 heterocycles. The molecule has 0 aliphatic carbocycles. The third-order valence-corrected chi connectivity index (χ3v) is 5.21. The zero-order valence-electron chi connectivity index (χ0n) is 14.4. The summed E-state index contributed by atoms with van der Waals surface area (Å²) in [5.74, 6) is 0. The van der Waals surface area contributed by atoms with Crippen LogP contribution in [0.5, 0.6) is 0 Å². The van der Waals surface area contributed by atoms with Gasteiger partial charge in [0.05, 0.1) is 0 Å². The molecule has 0 atom stereocenters. The van der Waals surface area contributed by atoms with E-state index in [1.165, 1.54) is 15.5 Å².